The van der Waals surface area contributed by atoms with Gasteiger partial charge in [-0.2, -0.15) is 0 Å². The first-order valence-corrected chi connectivity index (χ1v) is 12.9. The number of benzene rings is 2. The molecule has 1 aromatic heterocycles. The number of aliphatic hydroxyl groups is 1. The van der Waals surface area contributed by atoms with Crippen LogP contribution in [0.4, 0.5) is 4.39 Å². The molecule has 1 atom stereocenters. The van der Waals surface area contributed by atoms with E-state index in [0.29, 0.717) is 71.7 Å². The molecule has 10 heteroatoms. The second-order valence-electron chi connectivity index (χ2n) is 9.38. The van der Waals surface area contributed by atoms with Gasteiger partial charge in [-0.3, -0.25) is 19.9 Å². The van der Waals surface area contributed by atoms with Crippen LogP contribution in [0.1, 0.15) is 42.9 Å². The molecule has 1 aliphatic rings. The summed E-state index contributed by atoms with van der Waals surface area (Å²) < 4.78 is 18.6. The van der Waals surface area contributed by atoms with Crippen molar-refractivity contribution in [2.24, 2.45) is 5.41 Å². The highest BCUT2D eigenvalue weighted by molar-refractivity contribution is 6.32. The second-order valence-corrected chi connectivity index (χ2v) is 10.2. The van der Waals surface area contributed by atoms with E-state index in [1.807, 2.05) is 5.48 Å². The molecule has 1 aliphatic heterocycles. The van der Waals surface area contributed by atoms with Gasteiger partial charge in [-0.05, 0) is 62.1 Å². The van der Waals surface area contributed by atoms with Crippen LogP contribution in [0.15, 0.2) is 42.6 Å². The molecule has 0 aliphatic carbocycles. The predicted octanol–water partition coefficient (Wildman–Crippen LogP) is 5.14. The molecule has 0 spiro atoms. The molecule has 0 bridgehead atoms. The summed E-state index contributed by atoms with van der Waals surface area (Å²) in [6.45, 7) is 1.60. The number of aromatic nitrogens is 1. The zero-order valence-electron chi connectivity index (χ0n) is 20.8. The Hall–Kier alpha value is -2.93. The lowest BCUT2D eigenvalue weighted by Gasteiger charge is -2.40. The fourth-order valence-corrected chi connectivity index (χ4v) is 5.37. The van der Waals surface area contributed by atoms with Crippen molar-refractivity contribution in [3.8, 4) is 17.6 Å². The molecule has 2 heterocycles. The van der Waals surface area contributed by atoms with Gasteiger partial charge in [0.15, 0.2) is 0 Å². The summed E-state index contributed by atoms with van der Waals surface area (Å²) in [6.07, 6.45) is 2.10. The number of hydrogen-bond donors (Lipinski definition) is 3. The Morgan fingerprint density at radius 2 is 2.00 bits per heavy atom. The summed E-state index contributed by atoms with van der Waals surface area (Å²) in [5.41, 5.74) is 2.71. The first-order chi connectivity index (χ1) is 18.3. The molecular weight excluding hydrogens is 532 g/mol. The molecule has 38 heavy (non-hydrogen) atoms. The molecule has 0 saturated carbocycles. The number of methoxy groups -OCH3 is 1. The fraction of sp³-hybridized carbons (Fsp3) is 0.357. The van der Waals surface area contributed by atoms with Crippen molar-refractivity contribution in [1.82, 2.24) is 15.4 Å². The van der Waals surface area contributed by atoms with E-state index in [-0.39, 0.29) is 11.4 Å². The summed E-state index contributed by atoms with van der Waals surface area (Å²) in [7, 11) is 1.56. The van der Waals surface area contributed by atoms with E-state index in [9.17, 15) is 19.5 Å². The van der Waals surface area contributed by atoms with Crippen LogP contribution in [0.3, 0.4) is 0 Å². The number of rotatable bonds is 7. The topological polar surface area (TPSA) is 94.9 Å². The molecule has 3 aromatic rings. The Kier molecular flexibility index (Phi) is 9.08. The summed E-state index contributed by atoms with van der Waals surface area (Å²) in [4.78, 5) is 19.2. The fourth-order valence-electron chi connectivity index (χ4n) is 4.88. The lowest BCUT2D eigenvalue weighted by molar-refractivity contribution is -0.143. The van der Waals surface area contributed by atoms with Gasteiger partial charge < -0.3 is 9.84 Å². The molecule has 2 aromatic carbocycles. The molecule has 3 N–H and O–H groups in total. The zero-order chi connectivity index (χ0) is 27.3. The lowest BCUT2D eigenvalue weighted by Crippen LogP contribution is -2.48. The molecule has 1 fully saturated rings. The van der Waals surface area contributed by atoms with E-state index in [4.69, 9.17) is 27.9 Å². The number of fused-ring (bicyclic) bond motifs is 1. The molecule has 0 unspecified atom stereocenters. The first kappa shape index (κ1) is 28.1. The number of carbonyl (C=O) groups is 1. The van der Waals surface area contributed by atoms with Crippen molar-refractivity contribution in [3.05, 3.63) is 69.6 Å². The number of ether oxygens (including phenoxy) is 1. The Morgan fingerprint density at radius 3 is 2.68 bits per heavy atom. The van der Waals surface area contributed by atoms with Gasteiger partial charge in [0, 0.05) is 35.8 Å². The minimum Gasteiger partial charge on any atom is -0.497 e. The SMILES string of the molecule is COc1ccc2ncc(Cl)c([C@H](O)CCC3(C(=O)NO)CCN(CC#Cc4ccc(F)cc4Cl)CC3)c2c1. The number of carbonyl (C=O) groups excluding carboxylic acids is 1. The van der Waals surface area contributed by atoms with Gasteiger partial charge in [0.05, 0.1) is 40.7 Å². The second kappa shape index (κ2) is 12.3. The van der Waals surface area contributed by atoms with E-state index in [0.717, 1.165) is 0 Å². The molecule has 1 amide bonds. The van der Waals surface area contributed by atoms with Crippen LogP contribution >= 0.6 is 23.2 Å². The number of piperidine rings is 1. The van der Waals surface area contributed by atoms with Crippen LogP contribution in [0.25, 0.3) is 10.9 Å². The van der Waals surface area contributed by atoms with E-state index in [1.54, 1.807) is 25.3 Å². The van der Waals surface area contributed by atoms with Crippen LogP contribution in [0.5, 0.6) is 5.75 Å². The minimum absolute atomic E-state index is 0.256. The number of nitrogens with zero attached hydrogens (tertiary/aromatic N) is 2. The maximum absolute atomic E-state index is 13.2. The number of halogens is 3. The molecule has 4 rings (SSSR count). The Labute approximate surface area is 230 Å². The highest BCUT2D eigenvalue weighted by Crippen LogP contribution is 2.41. The minimum atomic E-state index is -0.951. The van der Waals surface area contributed by atoms with Crippen molar-refractivity contribution in [2.75, 3.05) is 26.7 Å². The molecule has 1 saturated heterocycles. The summed E-state index contributed by atoms with van der Waals surface area (Å²) in [5.74, 6) is 5.74. The average Bonchev–Trinajstić information content (AvgIpc) is 2.92. The highest BCUT2D eigenvalue weighted by Gasteiger charge is 2.41. The van der Waals surface area contributed by atoms with E-state index in [1.165, 1.54) is 24.4 Å². The summed E-state index contributed by atoms with van der Waals surface area (Å²) in [6, 6.07) is 9.43. The van der Waals surface area contributed by atoms with Gasteiger partial charge in [-0.25, -0.2) is 9.87 Å². The van der Waals surface area contributed by atoms with Crippen LogP contribution in [0.2, 0.25) is 10.0 Å². The Morgan fingerprint density at radius 1 is 1.24 bits per heavy atom. The first-order valence-electron chi connectivity index (χ1n) is 12.2. The Bertz CT molecular complexity index is 1380. The smallest absolute Gasteiger partial charge is 0.249 e. The highest BCUT2D eigenvalue weighted by atomic mass is 35.5. The summed E-state index contributed by atoms with van der Waals surface area (Å²) in [5, 5.41) is 21.9. The van der Waals surface area contributed by atoms with Gasteiger partial charge in [0.25, 0.3) is 0 Å². The molecule has 200 valence electrons. The van der Waals surface area contributed by atoms with Crippen molar-refractivity contribution in [1.29, 1.82) is 0 Å². The van der Waals surface area contributed by atoms with Gasteiger partial charge in [-0.15, -0.1) is 0 Å². The number of pyridine rings is 1. The van der Waals surface area contributed by atoms with E-state index < -0.39 is 23.2 Å². The van der Waals surface area contributed by atoms with Crippen molar-refractivity contribution >= 4 is 40.0 Å². The predicted molar refractivity (Wildman–Crippen MR) is 144 cm³/mol. The third kappa shape index (κ3) is 6.20. The normalized spacial score (nSPS) is 15.9. The van der Waals surface area contributed by atoms with Crippen molar-refractivity contribution < 1.29 is 24.2 Å². The van der Waals surface area contributed by atoms with Crippen LogP contribution in [0, 0.1) is 23.1 Å². The molecular formula is C28H28Cl2FN3O4. The molecule has 7 nitrogen and oxygen atoms in total. The largest absolute Gasteiger partial charge is 0.497 e. The Balaban J connectivity index is 1.44. The average molecular weight is 560 g/mol. The number of hydrogen-bond acceptors (Lipinski definition) is 6. The zero-order valence-corrected chi connectivity index (χ0v) is 22.3. The maximum Gasteiger partial charge on any atom is 0.249 e. The van der Waals surface area contributed by atoms with E-state index in [2.05, 4.69) is 21.7 Å². The van der Waals surface area contributed by atoms with E-state index >= 15 is 0 Å². The van der Waals surface area contributed by atoms with Gasteiger partial charge in [0.2, 0.25) is 5.91 Å². The summed E-state index contributed by atoms with van der Waals surface area (Å²) >= 11 is 12.5. The van der Waals surface area contributed by atoms with Gasteiger partial charge >= 0.3 is 0 Å². The maximum atomic E-state index is 13.2. The number of aliphatic hydroxyl groups excluding tert-OH is 1. The van der Waals surface area contributed by atoms with Crippen LogP contribution in [-0.2, 0) is 4.79 Å². The number of likely N-dealkylation sites (tertiary alicyclic amines) is 1. The number of amides is 1. The monoisotopic (exact) mass is 559 g/mol. The van der Waals surface area contributed by atoms with Crippen molar-refractivity contribution in [2.45, 2.75) is 31.8 Å². The number of nitrogens with one attached hydrogen (secondary N) is 1. The van der Waals surface area contributed by atoms with Crippen molar-refractivity contribution in [3.63, 3.8) is 0 Å². The van der Waals surface area contributed by atoms with Gasteiger partial charge in [0.1, 0.15) is 11.6 Å². The van der Waals surface area contributed by atoms with Crippen LogP contribution in [-0.4, -0.2) is 52.8 Å². The molecule has 0 radical (unpaired) electrons. The third-order valence-corrected chi connectivity index (χ3v) is 7.76. The van der Waals surface area contributed by atoms with Crippen LogP contribution < -0.4 is 10.2 Å². The third-order valence-electron chi connectivity index (χ3n) is 7.15. The van der Waals surface area contributed by atoms with Gasteiger partial charge in [-0.1, -0.05) is 35.0 Å². The lowest BCUT2D eigenvalue weighted by atomic mass is 9.73. The standard InChI is InChI=1S/C28H28Cl2FN3O4/c1-38-20-6-7-24-21(16-20)26(23(30)17-32-24)25(35)8-9-28(27(36)33-37)10-13-34(14-11-28)12-2-3-18-4-5-19(31)15-22(18)29/h4-7,15-17,25,35,37H,8-14H2,1H3,(H,33,36)/t25-/m1/s1. The number of hydroxylamine groups is 1. The quantitative estimate of drug-likeness (QED) is 0.211.